The standard InChI is InChI=1S/C11H15N3O5S/c1-11(2,3)13-10(15)7-4-8(14(16)17)6-9(5-7)20(12,18)19/h4-6H,1-3H3,(H,13,15)(H2,12,18,19). The predicted molar refractivity (Wildman–Crippen MR) is 71.7 cm³/mol. The van der Waals surface area contributed by atoms with Crippen molar-refractivity contribution in [2.45, 2.75) is 31.2 Å². The Morgan fingerprint density at radius 3 is 2.25 bits per heavy atom. The summed E-state index contributed by atoms with van der Waals surface area (Å²) in [5.41, 5.74) is -1.22. The topological polar surface area (TPSA) is 132 Å². The summed E-state index contributed by atoms with van der Waals surface area (Å²) in [6.07, 6.45) is 0. The molecule has 1 rings (SSSR count). The van der Waals surface area contributed by atoms with Gasteiger partial charge in [-0.1, -0.05) is 0 Å². The number of nitrogens with zero attached hydrogens (tertiary/aromatic N) is 1. The van der Waals surface area contributed by atoms with Crippen LogP contribution in [-0.4, -0.2) is 24.8 Å². The minimum atomic E-state index is -4.14. The lowest BCUT2D eigenvalue weighted by Gasteiger charge is -2.20. The molecule has 0 radical (unpaired) electrons. The number of rotatable bonds is 3. The first-order chi connectivity index (χ1) is 8.90. The molecule has 8 nitrogen and oxygen atoms in total. The molecule has 1 aromatic rings. The van der Waals surface area contributed by atoms with Crippen LogP contribution in [-0.2, 0) is 10.0 Å². The number of nitro benzene ring substituents is 1. The Bertz CT molecular complexity index is 661. The van der Waals surface area contributed by atoms with Gasteiger partial charge in [-0.2, -0.15) is 0 Å². The Balaban J connectivity index is 3.37. The molecule has 0 aliphatic carbocycles. The monoisotopic (exact) mass is 301 g/mol. The Morgan fingerprint density at radius 2 is 1.85 bits per heavy atom. The van der Waals surface area contributed by atoms with Crippen LogP contribution >= 0.6 is 0 Å². The number of carbonyl (C=O) groups excluding carboxylic acids is 1. The summed E-state index contributed by atoms with van der Waals surface area (Å²) in [6.45, 7) is 5.18. The van der Waals surface area contributed by atoms with Gasteiger partial charge >= 0.3 is 0 Å². The number of nitro groups is 1. The average molecular weight is 301 g/mol. The Labute approximate surface area is 116 Å². The highest BCUT2D eigenvalue weighted by atomic mass is 32.2. The quantitative estimate of drug-likeness (QED) is 0.628. The molecular formula is C11H15N3O5S. The second-order valence-corrected chi connectivity index (χ2v) is 6.78. The lowest BCUT2D eigenvalue weighted by atomic mass is 10.1. The van der Waals surface area contributed by atoms with Gasteiger partial charge in [-0.3, -0.25) is 14.9 Å². The zero-order valence-corrected chi connectivity index (χ0v) is 12.0. The van der Waals surface area contributed by atoms with E-state index >= 15 is 0 Å². The average Bonchev–Trinajstić information content (AvgIpc) is 2.24. The zero-order chi connectivity index (χ0) is 15.7. The van der Waals surface area contributed by atoms with E-state index in [1.807, 2.05) is 0 Å². The number of benzene rings is 1. The molecule has 0 heterocycles. The number of nitrogens with one attached hydrogen (secondary N) is 1. The SMILES string of the molecule is CC(C)(C)NC(=O)c1cc([N+](=O)[O-])cc(S(N)(=O)=O)c1. The van der Waals surface area contributed by atoms with Crippen LogP contribution in [0.5, 0.6) is 0 Å². The van der Waals surface area contributed by atoms with E-state index in [0.717, 1.165) is 18.2 Å². The third-order valence-electron chi connectivity index (χ3n) is 2.18. The molecule has 3 N–H and O–H groups in total. The van der Waals surface area contributed by atoms with Gasteiger partial charge in [0.1, 0.15) is 0 Å². The van der Waals surface area contributed by atoms with Crippen molar-refractivity contribution in [3.63, 3.8) is 0 Å². The van der Waals surface area contributed by atoms with Crippen LogP contribution in [0, 0.1) is 10.1 Å². The van der Waals surface area contributed by atoms with Gasteiger partial charge in [0.05, 0.1) is 9.82 Å². The molecule has 20 heavy (non-hydrogen) atoms. The first-order valence-electron chi connectivity index (χ1n) is 5.55. The lowest BCUT2D eigenvalue weighted by Crippen LogP contribution is -2.40. The van der Waals surface area contributed by atoms with Gasteiger partial charge in [-0.25, -0.2) is 13.6 Å². The smallest absolute Gasteiger partial charge is 0.271 e. The van der Waals surface area contributed by atoms with Crippen molar-refractivity contribution in [3.05, 3.63) is 33.9 Å². The third-order valence-corrected chi connectivity index (χ3v) is 3.07. The molecule has 0 aromatic heterocycles. The van der Waals surface area contributed by atoms with E-state index in [9.17, 15) is 23.3 Å². The molecule has 0 unspecified atom stereocenters. The van der Waals surface area contributed by atoms with Crippen molar-refractivity contribution in [2.75, 3.05) is 0 Å². The highest BCUT2D eigenvalue weighted by Gasteiger charge is 2.21. The van der Waals surface area contributed by atoms with E-state index in [0.29, 0.717) is 0 Å². The van der Waals surface area contributed by atoms with Gasteiger partial charge in [-0.15, -0.1) is 0 Å². The summed E-state index contributed by atoms with van der Waals surface area (Å²) < 4.78 is 22.6. The fourth-order valence-corrected chi connectivity index (χ4v) is 1.97. The predicted octanol–water partition coefficient (Wildman–Crippen LogP) is 0.771. The number of sulfonamides is 1. The van der Waals surface area contributed by atoms with E-state index in [1.54, 1.807) is 20.8 Å². The molecule has 110 valence electrons. The summed E-state index contributed by atoms with van der Waals surface area (Å²) in [6, 6.07) is 2.81. The van der Waals surface area contributed by atoms with E-state index in [1.165, 1.54) is 0 Å². The maximum absolute atomic E-state index is 11.9. The minimum Gasteiger partial charge on any atom is -0.347 e. The first kappa shape index (κ1) is 16.1. The van der Waals surface area contributed by atoms with E-state index < -0.39 is 37.0 Å². The Hall–Kier alpha value is -2.00. The number of carbonyl (C=O) groups is 1. The normalized spacial score (nSPS) is 12.0. The van der Waals surface area contributed by atoms with Crippen molar-refractivity contribution >= 4 is 21.6 Å². The summed E-state index contributed by atoms with van der Waals surface area (Å²) in [4.78, 5) is 21.5. The van der Waals surface area contributed by atoms with Crippen LogP contribution in [0.1, 0.15) is 31.1 Å². The Morgan fingerprint density at radius 1 is 1.30 bits per heavy atom. The van der Waals surface area contributed by atoms with Crippen molar-refractivity contribution in [2.24, 2.45) is 5.14 Å². The first-order valence-corrected chi connectivity index (χ1v) is 7.09. The van der Waals surface area contributed by atoms with Gasteiger partial charge in [0.2, 0.25) is 10.0 Å². The van der Waals surface area contributed by atoms with Gasteiger partial charge in [0.25, 0.3) is 11.6 Å². The second kappa shape index (κ2) is 5.17. The minimum absolute atomic E-state index is 0.141. The molecule has 0 spiro atoms. The maximum atomic E-state index is 11.9. The summed E-state index contributed by atoms with van der Waals surface area (Å²) in [7, 11) is -4.14. The van der Waals surface area contributed by atoms with Gasteiger partial charge in [0, 0.05) is 23.2 Å². The van der Waals surface area contributed by atoms with Crippen molar-refractivity contribution in [1.29, 1.82) is 0 Å². The summed E-state index contributed by atoms with van der Waals surface area (Å²) in [5.74, 6) is -0.619. The van der Waals surface area contributed by atoms with Gasteiger partial charge < -0.3 is 5.32 Å². The highest BCUT2D eigenvalue weighted by Crippen LogP contribution is 2.20. The summed E-state index contributed by atoms with van der Waals surface area (Å²) >= 11 is 0. The van der Waals surface area contributed by atoms with E-state index in [2.05, 4.69) is 5.32 Å². The van der Waals surface area contributed by atoms with Crippen LogP contribution in [0.4, 0.5) is 5.69 Å². The fourth-order valence-electron chi connectivity index (χ4n) is 1.40. The molecule has 0 aliphatic rings. The number of amides is 1. The molecule has 1 amide bonds. The molecule has 9 heteroatoms. The van der Waals surface area contributed by atoms with E-state index in [-0.39, 0.29) is 5.56 Å². The molecule has 0 atom stereocenters. The van der Waals surface area contributed by atoms with Crippen LogP contribution in [0.3, 0.4) is 0 Å². The van der Waals surface area contributed by atoms with Crippen molar-refractivity contribution in [3.8, 4) is 0 Å². The molecular weight excluding hydrogens is 286 g/mol. The largest absolute Gasteiger partial charge is 0.347 e. The Kier molecular flexibility index (Phi) is 4.15. The molecule has 0 aliphatic heterocycles. The number of hydrogen-bond acceptors (Lipinski definition) is 5. The van der Waals surface area contributed by atoms with Gasteiger partial charge in [0.15, 0.2) is 0 Å². The van der Waals surface area contributed by atoms with Crippen molar-refractivity contribution < 1.29 is 18.1 Å². The third kappa shape index (κ3) is 4.28. The van der Waals surface area contributed by atoms with Crippen molar-refractivity contribution in [1.82, 2.24) is 5.32 Å². The van der Waals surface area contributed by atoms with Crippen LogP contribution < -0.4 is 10.5 Å². The zero-order valence-electron chi connectivity index (χ0n) is 11.2. The molecule has 0 fully saturated rings. The fraction of sp³-hybridized carbons (Fsp3) is 0.364. The number of nitrogens with two attached hydrogens (primary N) is 1. The molecule has 0 bridgehead atoms. The van der Waals surface area contributed by atoms with E-state index in [4.69, 9.17) is 5.14 Å². The number of hydrogen-bond donors (Lipinski definition) is 2. The molecule has 0 saturated heterocycles. The van der Waals surface area contributed by atoms with Crippen LogP contribution in [0.2, 0.25) is 0 Å². The van der Waals surface area contributed by atoms with Crippen LogP contribution in [0.25, 0.3) is 0 Å². The number of non-ortho nitro benzene ring substituents is 1. The molecule has 0 saturated carbocycles. The van der Waals surface area contributed by atoms with Crippen LogP contribution in [0.15, 0.2) is 23.1 Å². The number of primary sulfonamides is 1. The highest BCUT2D eigenvalue weighted by molar-refractivity contribution is 7.89. The molecule has 1 aromatic carbocycles. The second-order valence-electron chi connectivity index (χ2n) is 5.22. The summed E-state index contributed by atoms with van der Waals surface area (Å²) in [5, 5.41) is 18.3. The lowest BCUT2D eigenvalue weighted by molar-refractivity contribution is -0.385. The van der Waals surface area contributed by atoms with Gasteiger partial charge in [-0.05, 0) is 26.8 Å². The maximum Gasteiger partial charge on any atom is 0.271 e.